The fraction of sp³-hybridized carbons (Fsp3) is 0.182. The van der Waals surface area contributed by atoms with Crippen molar-refractivity contribution >= 4 is 34.8 Å². The molecule has 1 heterocycles. The van der Waals surface area contributed by atoms with Gasteiger partial charge in [-0.1, -0.05) is 34.4 Å². The average molecular weight is 301 g/mol. The lowest BCUT2D eigenvalue weighted by Gasteiger charge is -2.09. The zero-order chi connectivity index (χ0) is 13.7. The van der Waals surface area contributed by atoms with Crippen molar-refractivity contribution in [2.45, 2.75) is 6.54 Å². The molecule has 0 saturated carbocycles. The van der Waals surface area contributed by atoms with Crippen LogP contribution in [0.1, 0.15) is 5.82 Å². The monoisotopic (exact) mass is 300 g/mol. The summed E-state index contributed by atoms with van der Waals surface area (Å²) in [5, 5.41) is 9.87. The molecule has 2 N–H and O–H groups in total. The molecule has 2 rings (SSSR count). The predicted molar refractivity (Wildman–Crippen MR) is 71.1 cm³/mol. The Bertz CT molecular complexity index is 540. The molecule has 2 aromatic rings. The number of nitrogens with zero attached hydrogens (tertiary/aromatic N) is 2. The lowest BCUT2D eigenvalue weighted by Crippen LogP contribution is -2.28. The molecule has 1 aromatic carbocycles. The van der Waals surface area contributed by atoms with Crippen molar-refractivity contribution in [1.29, 1.82) is 0 Å². The molecule has 0 unspecified atom stereocenters. The van der Waals surface area contributed by atoms with Crippen molar-refractivity contribution in [3.63, 3.8) is 0 Å². The van der Waals surface area contributed by atoms with Gasteiger partial charge in [0.1, 0.15) is 0 Å². The summed E-state index contributed by atoms with van der Waals surface area (Å²) in [7, 11) is 0. The molecule has 0 bridgehead atoms. The van der Waals surface area contributed by atoms with Gasteiger partial charge in [-0.05, 0) is 12.1 Å². The Morgan fingerprint density at radius 1 is 1.32 bits per heavy atom. The van der Waals surface area contributed by atoms with Gasteiger partial charge in [-0.2, -0.15) is 4.98 Å². The maximum atomic E-state index is 11.7. The third-order valence-electron chi connectivity index (χ3n) is 2.20. The number of hydrogen-bond donors (Lipinski definition) is 2. The molecule has 1 amide bonds. The molecule has 1 aromatic heterocycles. The van der Waals surface area contributed by atoms with E-state index in [1.54, 1.807) is 18.2 Å². The van der Waals surface area contributed by atoms with Crippen LogP contribution in [0, 0.1) is 0 Å². The van der Waals surface area contributed by atoms with Crippen molar-refractivity contribution in [3.05, 3.63) is 40.5 Å². The van der Waals surface area contributed by atoms with Gasteiger partial charge in [-0.3, -0.25) is 4.79 Å². The van der Waals surface area contributed by atoms with E-state index in [9.17, 15) is 4.79 Å². The summed E-state index contributed by atoms with van der Waals surface area (Å²) >= 11 is 11.9. The van der Waals surface area contributed by atoms with Gasteiger partial charge in [-0.25, -0.2) is 0 Å². The van der Waals surface area contributed by atoms with E-state index in [1.807, 2.05) is 0 Å². The number of nitrogens with one attached hydrogen (secondary N) is 2. The second-order valence-electron chi connectivity index (χ2n) is 3.60. The Labute approximate surface area is 119 Å². The summed E-state index contributed by atoms with van der Waals surface area (Å²) in [5.41, 5.74) is 0.400. The number of carbonyl (C=O) groups excluding carboxylic acids is 1. The van der Waals surface area contributed by atoms with Gasteiger partial charge in [0.2, 0.25) is 12.3 Å². The van der Waals surface area contributed by atoms with E-state index < -0.39 is 0 Å². The Morgan fingerprint density at radius 2 is 2.05 bits per heavy atom. The van der Waals surface area contributed by atoms with Gasteiger partial charge >= 0.3 is 0 Å². The molecule has 0 spiro atoms. The first-order valence-electron chi connectivity index (χ1n) is 5.36. The summed E-state index contributed by atoms with van der Waals surface area (Å²) < 4.78 is 4.56. The number of hydrogen-bond acceptors (Lipinski definition) is 5. The largest absolute Gasteiger partial charge is 0.343 e. The highest BCUT2D eigenvalue weighted by Gasteiger charge is 2.09. The Balaban J connectivity index is 1.84. The van der Waals surface area contributed by atoms with Crippen molar-refractivity contribution in [2.24, 2.45) is 0 Å². The van der Waals surface area contributed by atoms with Gasteiger partial charge in [-0.15, -0.1) is 0 Å². The van der Waals surface area contributed by atoms with Gasteiger partial charge in [0.15, 0.2) is 5.82 Å². The summed E-state index contributed by atoms with van der Waals surface area (Å²) in [6.45, 7) is 0.413. The number of aromatic nitrogens is 2. The number of rotatable bonds is 5. The van der Waals surface area contributed by atoms with Crippen molar-refractivity contribution in [3.8, 4) is 0 Å². The lowest BCUT2D eigenvalue weighted by atomic mass is 10.3. The SMILES string of the molecule is O=C(CNCc1ncon1)Nc1c(Cl)cccc1Cl. The molecule has 0 aliphatic heterocycles. The maximum Gasteiger partial charge on any atom is 0.238 e. The Hall–Kier alpha value is -1.63. The first-order valence-corrected chi connectivity index (χ1v) is 6.12. The second-order valence-corrected chi connectivity index (χ2v) is 4.41. The molecule has 0 atom stereocenters. The van der Waals surface area contributed by atoms with Crippen LogP contribution in [0.2, 0.25) is 10.0 Å². The molecule has 0 fully saturated rings. The van der Waals surface area contributed by atoms with Gasteiger partial charge in [0.05, 0.1) is 28.8 Å². The van der Waals surface area contributed by atoms with Gasteiger partial charge in [0, 0.05) is 0 Å². The van der Waals surface area contributed by atoms with Crippen LogP contribution in [0.3, 0.4) is 0 Å². The summed E-state index contributed by atoms with van der Waals surface area (Å²) in [5.74, 6) is 0.210. The van der Waals surface area contributed by atoms with Crippen LogP contribution < -0.4 is 10.6 Å². The first kappa shape index (κ1) is 13.8. The quantitative estimate of drug-likeness (QED) is 0.884. The van der Waals surface area contributed by atoms with E-state index in [0.29, 0.717) is 28.1 Å². The predicted octanol–water partition coefficient (Wildman–Crippen LogP) is 2.10. The number of carbonyl (C=O) groups is 1. The highest BCUT2D eigenvalue weighted by atomic mass is 35.5. The highest BCUT2D eigenvalue weighted by molar-refractivity contribution is 6.39. The molecule has 0 aliphatic rings. The zero-order valence-electron chi connectivity index (χ0n) is 9.69. The van der Waals surface area contributed by atoms with E-state index in [4.69, 9.17) is 23.2 Å². The number of amides is 1. The van der Waals surface area contributed by atoms with Crippen molar-refractivity contribution in [2.75, 3.05) is 11.9 Å². The fourth-order valence-electron chi connectivity index (χ4n) is 1.36. The van der Waals surface area contributed by atoms with Gasteiger partial charge in [0.25, 0.3) is 0 Å². The minimum absolute atomic E-state index is 0.0795. The molecule has 0 aliphatic carbocycles. The number of anilines is 1. The van der Waals surface area contributed by atoms with Crippen LogP contribution in [0.5, 0.6) is 0 Å². The topological polar surface area (TPSA) is 80.1 Å². The summed E-state index contributed by atoms with van der Waals surface area (Å²) in [6, 6.07) is 5.00. The van der Waals surface area contributed by atoms with Crippen LogP contribution in [0.25, 0.3) is 0 Å². The standard InChI is InChI=1S/C11H10Cl2N4O2/c12-7-2-1-3-8(13)11(7)16-10(18)5-14-4-9-15-6-19-17-9/h1-3,6,14H,4-5H2,(H,16,18). The van der Waals surface area contributed by atoms with Crippen molar-refractivity contribution < 1.29 is 9.32 Å². The molecular weight excluding hydrogens is 291 g/mol. The first-order chi connectivity index (χ1) is 9.16. The van der Waals surface area contributed by atoms with E-state index >= 15 is 0 Å². The average Bonchev–Trinajstić information content (AvgIpc) is 2.87. The third-order valence-corrected chi connectivity index (χ3v) is 2.83. The normalized spacial score (nSPS) is 10.4. The zero-order valence-corrected chi connectivity index (χ0v) is 11.2. The molecule has 8 heteroatoms. The number of para-hydroxylation sites is 1. The Kier molecular flexibility index (Phi) is 4.73. The summed E-state index contributed by atoms with van der Waals surface area (Å²) in [4.78, 5) is 15.5. The van der Waals surface area contributed by atoms with Crippen LogP contribution >= 0.6 is 23.2 Å². The number of benzene rings is 1. The minimum atomic E-state index is -0.265. The van der Waals surface area contributed by atoms with E-state index in [1.165, 1.54) is 6.39 Å². The highest BCUT2D eigenvalue weighted by Crippen LogP contribution is 2.29. The second kappa shape index (κ2) is 6.51. The van der Waals surface area contributed by atoms with E-state index in [2.05, 4.69) is 25.3 Å². The van der Waals surface area contributed by atoms with Crippen LogP contribution in [0.4, 0.5) is 5.69 Å². The fourth-order valence-corrected chi connectivity index (χ4v) is 1.85. The minimum Gasteiger partial charge on any atom is -0.343 e. The smallest absolute Gasteiger partial charge is 0.238 e. The molecule has 19 heavy (non-hydrogen) atoms. The van der Waals surface area contributed by atoms with Gasteiger partial charge < -0.3 is 15.2 Å². The van der Waals surface area contributed by atoms with Crippen LogP contribution in [-0.2, 0) is 11.3 Å². The molecule has 6 nitrogen and oxygen atoms in total. The van der Waals surface area contributed by atoms with Crippen molar-refractivity contribution in [1.82, 2.24) is 15.5 Å². The Morgan fingerprint density at radius 3 is 2.68 bits per heavy atom. The molecule has 0 saturated heterocycles. The lowest BCUT2D eigenvalue weighted by molar-refractivity contribution is -0.115. The van der Waals surface area contributed by atoms with E-state index in [0.717, 1.165) is 0 Å². The third kappa shape index (κ3) is 3.92. The maximum absolute atomic E-state index is 11.7. The van der Waals surface area contributed by atoms with Crippen LogP contribution in [0.15, 0.2) is 29.1 Å². The van der Waals surface area contributed by atoms with Crippen LogP contribution in [-0.4, -0.2) is 22.6 Å². The molecular formula is C11H10Cl2N4O2. The van der Waals surface area contributed by atoms with E-state index in [-0.39, 0.29) is 12.5 Å². The summed E-state index contributed by atoms with van der Waals surface area (Å²) in [6.07, 6.45) is 1.22. The number of halogens is 2. The molecule has 0 radical (unpaired) electrons. The molecule has 100 valence electrons.